The van der Waals surface area contributed by atoms with Crippen LogP contribution in [0, 0.1) is 17.7 Å². The zero-order chi connectivity index (χ0) is 14.7. The molecule has 2 unspecified atom stereocenters. The molecule has 2 atom stereocenters. The van der Waals surface area contributed by atoms with Gasteiger partial charge in [-0.25, -0.2) is 4.39 Å². The van der Waals surface area contributed by atoms with Gasteiger partial charge in [-0.3, -0.25) is 4.79 Å². The van der Waals surface area contributed by atoms with Gasteiger partial charge in [0, 0.05) is 19.6 Å². The minimum Gasteiger partial charge on any atom is -0.382 e. The van der Waals surface area contributed by atoms with Gasteiger partial charge in [0.05, 0.1) is 11.3 Å². The Labute approximate surface area is 120 Å². The second-order valence-electron chi connectivity index (χ2n) is 5.85. The van der Waals surface area contributed by atoms with E-state index in [4.69, 9.17) is 0 Å². The zero-order valence-corrected chi connectivity index (χ0v) is 12.4. The highest BCUT2D eigenvalue weighted by atomic mass is 19.1. The maximum atomic E-state index is 13.9. The fourth-order valence-corrected chi connectivity index (χ4v) is 3.06. The smallest absolute Gasteiger partial charge is 0.256 e. The number of anilines is 1. The van der Waals surface area contributed by atoms with Crippen LogP contribution in [0.1, 0.15) is 37.6 Å². The topological polar surface area (TPSA) is 32.3 Å². The minimum absolute atomic E-state index is 0.0705. The summed E-state index contributed by atoms with van der Waals surface area (Å²) in [7, 11) is 0. The number of nitrogens with one attached hydrogen (secondary N) is 1. The summed E-state index contributed by atoms with van der Waals surface area (Å²) in [5.41, 5.74) is 0.763. The highest BCUT2D eigenvalue weighted by Crippen LogP contribution is 2.26. The van der Waals surface area contributed by atoms with Crippen molar-refractivity contribution in [3.05, 3.63) is 29.6 Å². The molecule has 0 bridgehead atoms. The summed E-state index contributed by atoms with van der Waals surface area (Å²) in [6, 6.07) is 4.68. The van der Waals surface area contributed by atoms with Crippen molar-refractivity contribution in [2.75, 3.05) is 25.0 Å². The predicted octanol–water partition coefficient (Wildman–Crippen LogP) is 3.38. The van der Waals surface area contributed by atoms with Gasteiger partial charge in [0.15, 0.2) is 0 Å². The molecule has 1 fully saturated rings. The summed E-state index contributed by atoms with van der Waals surface area (Å²) in [6.45, 7) is 8.32. The Hall–Kier alpha value is -1.58. The Balaban J connectivity index is 2.26. The molecule has 1 aromatic rings. The quantitative estimate of drug-likeness (QED) is 0.919. The molecule has 1 aromatic carbocycles. The van der Waals surface area contributed by atoms with E-state index in [9.17, 15) is 9.18 Å². The second kappa shape index (κ2) is 6.25. The number of hydrogen-bond donors (Lipinski definition) is 1. The number of hydrogen-bond acceptors (Lipinski definition) is 2. The average Bonchev–Trinajstić information content (AvgIpc) is 2.39. The third-order valence-corrected chi connectivity index (χ3v) is 3.75. The molecule has 1 N–H and O–H groups in total. The fourth-order valence-electron chi connectivity index (χ4n) is 3.06. The molecule has 0 spiro atoms. The molecule has 2 rings (SSSR count). The molecule has 0 aliphatic carbocycles. The van der Waals surface area contributed by atoms with Crippen molar-refractivity contribution < 1.29 is 9.18 Å². The summed E-state index contributed by atoms with van der Waals surface area (Å²) in [5.74, 6) is 0.562. The Bertz CT molecular complexity index is 479. The standard InChI is InChI=1S/C16H23FN2O/c1-4-18-15-13(6-5-7-14(15)17)16(20)19-9-11(2)8-12(3)10-19/h5-7,11-12,18H,4,8-10H2,1-3H3. The Morgan fingerprint density at radius 1 is 1.35 bits per heavy atom. The van der Waals surface area contributed by atoms with Gasteiger partial charge in [0.2, 0.25) is 0 Å². The van der Waals surface area contributed by atoms with E-state index < -0.39 is 0 Å². The van der Waals surface area contributed by atoms with E-state index in [0.29, 0.717) is 29.6 Å². The first kappa shape index (κ1) is 14.8. The molecule has 1 aliphatic rings. The molecule has 0 radical (unpaired) electrons. The van der Waals surface area contributed by atoms with Crippen molar-refractivity contribution >= 4 is 11.6 Å². The summed E-state index contributed by atoms with van der Waals surface area (Å²) in [6.07, 6.45) is 1.15. The summed E-state index contributed by atoms with van der Waals surface area (Å²) in [4.78, 5) is 14.5. The molecule has 1 saturated heterocycles. The normalized spacial score (nSPS) is 22.7. The van der Waals surface area contributed by atoms with Gasteiger partial charge in [0.1, 0.15) is 5.82 Å². The van der Waals surface area contributed by atoms with Crippen LogP contribution in [-0.2, 0) is 0 Å². The first-order valence-corrected chi connectivity index (χ1v) is 7.34. The van der Waals surface area contributed by atoms with Crippen LogP contribution in [-0.4, -0.2) is 30.4 Å². The molecule has 1 amide bonds. The highest BCUT2D eigenvalue weighted by Gasteiger charge is 2.27. The molecule has 0 saturated carbocycles. The number of para-hydroxylation sites is 1. The number of amides is 1. The number of rotatable bonds is 3. The highest BCUT2D eigenvalue weighted by molar-refractivity contribution is 5.99. The SMILES string of the molecule is CCNc1c(F)cccc1C(=O)N1CC(C)CC(C)C1. The van der Waals surface area contributed by atoms with Crippen LogP contribution in [0.25, 0.3) is 0 Å². The maximum absolute atomic E-state index is 13.9. The fraction of sp³-hybridized carbons (Fsp3) is 0.562. The van der Waals surface area contributed by atoms with Crippen LogP contribution in [0.5, 0.6) is 0 Å². The number of halogens is 1. The Morgan fingerprint density at radius 2 is 2.00 bits per heavy atom. The van der Waals surface area contributed by atoms with Gasteiger partial charge in [-0.2, -0.15) is 0 Å². The largest absolute Gasteiger partial charge is 0.382 e. The maximum Gasteiger partial charge on any atom is 0.256 e. The van der Waals surface area contributed by atoms with Crippen LogP contribution in [0.4, 0.5) is 10.1 Å². The number of piperidine rings is 1. The van der Waals surface area contributed by atoms with Crippen LogP contribution >= 0.6 is 0 Å². The summed E-state index contributed by atoms with van der Waals surface area (Å²) in [5, 5.41) is 2.96. The number of nitrogens with zero attached hydrogens (tertiary/aromatic N) is 1. The average molecular weight is 278 g/mol. The lowest BCUT2D eigenvalue weighted by molar-refractivity contribution is 0.0623. The molecule has 0 aromatic heterocycles. The lowest BCUT2D eigenvalue weighted by atomic mass is 9.91. The molecule has 1 heterocycles. The lowest BCUT2D eigenvalue weighted by Crippen LogP contribution is -2.42. The van der Waals surface area contributed by atoms with Gasteiger partial charge >= 0.3 is 0 Å². The van der Waals surface area contributed by atoms with Crippen LogP contribution in [0.3, 0.4) is 0 Å². The third kappa shape index (κ3) is 3.11. The van der Waals surface area contributed by atoms with E-state index in [1.807, 2.05) is 11.8 Å². The number of carbonyl (C=O) groups is 1. The predicted molar refractivity (Wildman–Crippen MR) is 79.4 cm³/mol. The van der Waals surface area contributed by atoms with E-state index in [-0.39, 0.29) is 11.7 Å². The van der Waals surface area contributed by atoms with Gasteiger partial charge in [0.25, 0.3) is 5.91 Å². The number of carbonyl (C=O) groups excluding carboxylic acids is 1. The summed E-state index contributed by atoms with van der Waals surface area (Å²) < 4.78 is 13.9. The van der Waals surface area contributed by atoms with Gasteiger partial charge in [-0.1, -0.05) is 19.9 Å². The van der Waals surface area contributed by atoms with E-state index in [2.05, 4.69) is 19.2 Å². The first-order valence-electron chi connectivity index (χ1n) is 7.34. The molecule has 3 nitrogen and oxygen atoms in total. The number of likely N-dealkylation sites (tertiary alicyclic amines) is 1. The molecule has 1 aliphatic heterocycles. The van der Waals surface area contributed by atoms with Crippen molar-refractivity contribution in [2.24, 2.45) is 11.8 Å². The van der Waals surface area contributed by atoms with Crippen molar-refractivity contribution in [3.8, 4) is 0 Å². The van der Waals surface area contributed by atoms with E-state index in [1.165, 1.54) is 6.07 Å². The first-order chi connectivity index (χ1) is 9.52. The van der Waals surface area contributed by atoms with E-state index >= 15 is 0 Å². The number of benzene rings is 1. The van der Waals surface area contributed by atoms with Crippen molar-refractivity contribution in [2.45, 2.75) is 27.2 Å². The van der Waals surface area contributed by atoms with Gasteiger partial charge < -0.3 is 10.2 Å². The van der Waals surface area contributed by atoms with Crippen molar-refractivity contribution in [1.82, 2.24) is 4.90 Å². The van der Waals surface area contributed by atoms with Gasteiger partial charge in [-0.05, 0) is 37.3 Å². The van der Waals surface area contributed by atoms with E-state index in [1.54, 1.807) is 12.1 Å². The minimum atomic E-state index is -0.365. The molecular weight excluding hydrogens is 255 g/mol. The second-order valence-corrected chi connectivity index (χ2v) is 5.85. The Morgan fingerprint density at radius 3 is 2.60 bits per heavy atom. The van der Waals surface area contributed by atoms with Crippen molar-refractivity contribution in [1.29, 1.82) is 0 Å². The van der Waals surface area contributed by atoms with Crippen LogP contribution in [0.15, 0.2) is 18.2 Å². The van der Waals surface area contributed by atoms with Crippen LogP contribution < -0.4 is 5.32 Å². The zero-order valence-electron chi connectivity index (χ0n) is 12.4. The Kier molecular flexibility index (Phi) is 4.63. The molecular formula is C16H23FN2O. The van der Waals surface area contributed by atoms with Crippen molar-refractivity contribution in [3.63, 3.8) is 0 Å². The molecule has 110 valence electrons. The summed E-state index contributed by atoms with van der Waals surface area (Å²) >= 11 is 0. The lowest BCUT2D eigenvalue weighted by Gasteiger charge is -2.35. The molecule has 4 heteroatoms. The van der Waals surface area contributed by atoms with E-state index in [0.717, 1.165) is 19.5 Å². The third-order valence-electron chi connectivity index (χ3n) is 3.75. The van der Waals surface area contributed by atoms with Gasteiger partial charge in [-0.15, -0.1) is 0 Å². The van der Waals surface area contributed by atoms with Crippen LogP contribution in [0.2, 0.25) is 0 Å². The monoisotopic (exact) mass is 278 g/mol. The molecule has 20 heavy (non-hydrogen) atoms.